The second-order valence-electron chi connectivity index (χ2n) is 0.340. The van der Waals surface area contributed by atoms with Crippen molar-refractivity contribution < 1.29 is 5.21 Å². The number of halogens is 2. The lowest BCUT2D eigenvalue weighted by Crippen LogP contribution is -1.61. The maximum atomic E-state index is 7.55. The zero-order valence-electron chi connectivity index (χ0n) is 2.15. The molecule has 0 unspecified atom stereocenters. The molecule has 0 aromatic heterocycles. The van der Waals surface area contributed by atoms with Crippen LogP contribution in [0.3, 0.4) is 0 Å². The Kier molecular flexibility index (Phi) is 2.59. The highest BCUT2D eigenvalue weighted by atomic mass is 79.9. The third-order valence-electron chi connectivity index (χ3n) is 0.0756. The van der Waals surface area contributed by atoms with Gasteiger partial charge in [-0.3, -0.25) is 0 Å². The van der Waals surface area contributed by atoms with Gasteiger partial charge < -0.3 is 5.21 Å². The molecule has 0 atom stereocenters. The van der Waals surface area contributed by atoms with Gasteiger partial charge in [-0.25, -0.2) is 0 Å². The normalized spacial score (nSPS) is 12.0. The van der Waals surface area contributed by atoms with Crippen LogP contribution in [0.15, 0.2) is 5.16 Å². The Bertz CT molecular complexity index is 49.6. The largest absolute Gasteiger partial charge is 0.409 e. The molecular weight excluding hydrogens is 157 g/mol. The van der Waals surface area contributed by atoms with Gasteiger partial charge in [0.1, 0.15) is 0 Å². The average molecular weight is 158 g/mol. The standard InChI is InChI=1S/CHBrClNO/c2-1(3)4-5/h5H/b4-1-. The maximum Gasteiger partial charge on any atom is 0.210 e. The van der Waals surface area contributed by atoms with Gasteiger partial charge in [0, 0.05) is 0 Å². The first-order chi connectivity index (χ1) is 2.27. The molecule has 0 rings (SSSR count). The first kappa shape index (κ1) is 5.24. The van der Waals surface area contributed by atoms with Crippen LogP contribution in [0.25, 0.3) is 0 Å². The molecular formula is CHBrClNO. The lowest BCUT2D eigenvalue weighted by atomic mass is 11.7. The smallest absolute Gasteiger partial charge is 0.210 e. The van der Waals surface area contributed by atoms with Crippen molar-refractivity contribution in [2.24, 2.45) is 5.16 Å². The number of oxime groups is 1. The highest BCUT2D eigenvalue weighted by Crippen LogP contribution is 1.90. The highest BCUT2D eigenvalue weighted by Gasteiger charge is 1.73. The van der Waals surface area contributed by atoms with Crippen molar-refractivity contribution in [3.8, 4) is 0 Å². The van der Waals surface area contributed by atoms with Crippen molar-refractivity contribution in [3.05, 3.63) is 0 Å². The summed E-state index contributed by atoms with van der Waals surface area (Å²) in [5.74, 6) is 0. The van der Waals surface area contributed by atoms with Gasteiger partial charge in [-0.2, -0.15) is 0 Å². The Hall–Kier alpha value is 0.240. The summed E-state index contributed by atoms with van der Waals surface area (Å²) >= 11 is 7.52. The molecule has 4 heteroatoms. The SMILES string of the molecule is O/N=C(\Cl)Br. The molecule has 1 N–H and O–H groups in total. The summed E-state index contributed by atoms with van der Waals surface area (Å²) in [6.45, 7) is 0. The number of rotatable bonds is 0. The van der Waals surface area contributed by atoms with Gasteiger partial charge in [0.05, 0.1) is 0 Å². The molecule has 0 aliphatic rings. The summed E-state index contributed by atoms with van der Waals surface area (Å²) in [6, 6.07) is 0. The minimum absolute atomic E-state index is 0.0301. The summed E-state index contributed by atoms with van der Waals surface area (Å²) in [5.41, 5.74) is 0. The van der Waals surface area contributed by atoms with Crippen LogP contribution < -0.4 is 0 Å². The number of nitrogens with zero attached hydrogens (tertiary/aromatic N) is 1. The van der Waals surface area contributed by atoms with E-state index in [1.807, 2.05) is 0 Å². The van der Waals surface area contributed by atoms with Gasteiger partial charge in [-0.15, -0.1) is 0 Å². The van der Waals surface area contributed by atoms with E-state index >= 15 is 0 Å². The van der Waals surface area contributed by atoms with Crippen LogP contribution in [0.2, 0.25) is 0 Å². The van der Waals surface area contributed by atoms with Crippen LogP contribution in [0.5, 0.6) is 0 Å². The third kappa shape index (κ3) is 4.24. The minimum atomic E-state index is -0.0301. The van der Waals surface area contributed by atoms with Crippen LogP contribution >= 0.6 is 27.5 Å². The van der Waals surface area contributed by atoms with Crippen LogP contribution in [0.1, 0.15) is 0 Å². The van der Waals surface area contributed by atoms with E-state index in [9.17, 15) is 0 Å². The molecule has 0 aliphatic heterocycles. The summed E-state index contributed by atoms with van der Waals surface area (Å²) in [7, 11) is 0. The van der Waals surface area contributed by atoms with Gasteiger partial charge >= 0.3 is 0 Å². The Morgan fingerprint density at radius 3 is 2.20 bits per heavy atom. The summed E-state index contributed by atoms with van der Waals surface area (Å²) in [6.07, 6.45) is 0. The molecule has 0 heterocycles. The van der Waals surface area contributed by atoms with Gasteiger partial charge in [0.2, 0.25) is 4.08 Å². The lowest BCUT2D eigenvalue weighted by molar-refractivity contribution is 0.322. The van der Waals surface area contributed by atoms with E-state index in [0.717, 1.165) is 0 Å². The fourth-order valence-electron chi connectivity index (χ4n) is 0. The van der Waals surface area contributed by atoms with E-state index in [2.05, 4.69) is 21.1 Å². The first-order valence-corrected chi connectivity index (χ1v) is 1.97. The molecule has 0 aromatic rings. The zero-order valence-corrected chi connectivity index (χ0v) is 4.49. The summed E-state index contributed by atoms with van der Waals surface area (Å²) < 4.78 is -0.0301. The lowest BCUT2D eigenvalue weighted by Gasteiger charge is -1.66. The minimum Gasteiger partial charge on any atom is -0.409 e. The Labute approximate surface area is 42.6 Å². The average Bonchev–Trinajstić information content (AvgIpc) is 1.38. The quantitative estimate of drug-likeness (QED) is 0.322. The molecule has 30 valence electrons. The van der Waals surface area contributed by atoms with E-state index in [1.54, 1.807) is 0 Å². The predicted octanol–water partition coefficient (Wildman–Crippen LogP) is 1.37. The maximum absolute atomic E-state index is 7.55. The molecule has 5 heavy (non-hydrogen) atoms. The summed E-state index contributed by atoms with van der Waals surface area (Å²) in [4.78, 5) is 0. The fourth-order valence-corrected chi connectivity index (χ4v) is 0. The van der Waals surface area contributed by atoms with Crippen LogP contribution in [-0.4, -0.2) is 9.29 Å². The predicted molar refractivity (Wildman–Crippen MR) is 24.0 cm³/mol. The van der Waals surface area contributed by atoms with Crippen molar-refractivity contribution in [2.45, 2.75) is 0 Å². The van der Waals surface area contributed by atoms with Gasteiger partial charge in [-0.1, -0.05) is 16.8 Å². The van der Waals surface area contributed by atoms with Crippen LogP contribution in [0.4, 0.5) is 0 Å². The van der Waals surface area contributed by atoms with E-state index in [1.165, 1.54) is 0 Å². The molecule has 0 amide bonds. The van der Waals surface area contributed by atoms with Crippen molar-refractivity contribution in [1.29, 1.82) is 0 Å². The second-order valence-corrected chi connectivity index (χ2v) is 1.91. The molecule has 0 saturated carbocycles. The Morgan fingerprint density at radius 2 is 2.20 bits per heavy atom. The van der Waals surface area contributed by atoms with Crippen LogP contribution in [0, 0.1) is 0 Å². The van der Waals surface area contributed by atoms with Crippen molar-refractivity contribution in [2.75, 3.05) is 0 Å². The van der Waals surface area contributed by atoms with Gasteiger partial charge in [0.25, 0.3) is 0 Å². The van der Waals surface area contributed by atoms with E-state index in [-0.39, 0.29) is 4.08 Å². The molecule has 0 radical (unpaired) electrons. The van der Waals surface area contributed by atoms with Crippen molar-refractivity contribution >= 4 is 31.6 Å². The van der Waals surface area contributed by atoms with Gasteiger partial charge in [0.15, 0.2) is 0 Å². The van der Waals surface area contributed by atoms with E-state index < -0.39 is 0 Å². The molecule has 0 aromatic carbocycles. The van der Waals surface area contributed by atoms with Crippen molar-refractivity contribution in [1.82, 2.24) is 0 Å². The molecule has 0 saturated heterocycles. The van der Waals surface area contributed by atoms with E-state index in [4.69, 9.17) is 16.8 Å². The highest BCUT2D eigenvalue weighted by molar-refractivity contribution is 9.19. The van der Waals surface area contributed by atoms with Gasteiger partial charge in [-0.05, 0) is 15.9 Å². The topological polar surface area (TPSA) is 32.6 Å². The summed E-state index contributed by atoms with van der Waals surface area (Å²) in [5, 5.41) is 10.0. The zero-order chi connectivity index (χ0) is 4.28. The van der Waals surface area contributed by atoms with E-state index in [0.29, 0.717) is 0 Å². The monoisotopic (exact) mass is 157 g/mol. The molecule has 0 spiro atoms. The molecule has 0 fully saturated rings. The first-order valence-electron chi connectivity index (χ1n) is 0.802. The molecule has 0 bridgehead atoms. The number of hydrogen-bond donors (Lipinski definition) is 1. The Morgan fingerprint density at radius 1 is 2.00 bits per heavy atom. The molecule has 0 aliphatic carbocycles. The van der Waals surface area contributed by atoms with Crippen molar-refractivity contribution in [3.63, 3.8) is 0 Å². The van der Waals surface area contributed by atoms with Crippen LogP contribution in [-0.2, 0) is 0 Å². The third-order valence-corrected chi connectivity index (χ3v) is 0.310. The Balaban J connectivity index is 3.14. The molecule has 2 nitrogen and oxygen atoms in total. The number of hydrogen-bond acceptors (Lipinski definition) is 2. The fraction of sp³-hybridized carbons (Fsp3) is 0. The second kappa shape index (κ2) is 2.48.